The largest absolute Gasteiger partial charge is 0.393 e. The summed E-state index contributed by atoms with van der Waals surface area (Å²) in [5, 5.41) is 9.68. The first-order valence-electron chi connectivity index (χ1n) is 7.87. The van der Waals surface area contributed by atoms with Gasteiger partial charge in [-0.05, 0) is 50.0 Å². The van der Waals surface area contributed by atoms with Crippen LogP contribution in [0.4, 0.5) is 8.78 Å². The van der Waals surface area contributed by atoms with Gasteiger partial charge in [-0.15, -0.1) is 0 Å². The van der Waals surface area contributed by atoms with Gasteiger partial charge in [0.05, 0.1) is 23.8 Å². The SMILES string of the molecule is CC(O)C1CCN(Cn2c(=S)n(C(F)F)c3ccccc32)CC1. The quantitative estimate of drug-likeness (QED) is 0.863. The third kappa shape index (κ3) is 3.18. The first-order chi connectivity index (χ1) is 11.0. The summed E-state index contributed by atoms with van der Waals surface area (Å²) in [7, 11) is 0. The topological polar surface area (TPSA) is 33.3 Å². The molecule has 1 aliphatic rings. The molecule has 126 valence electrons. The molecule has 1 aliphatic heterocycles. The molecule has 2 aromatic rings. The summed E-state index contributed by atoms with van der Waals surface area (Å²) in [6, 6.07) is 7.08. The molecule has 1 unspecified atom stereocenters. The van der Waals surface area contributed by atoms with Crippen molar-refractivity contribution in [2.24, 2.45) is 5.92 Å². The Morgan fingerprint density at radius 2 is 1.83 bits per heavy atom. The third-order valence-corrected chi connectivity index (χ3v) is 5.14. The second kappa shape index (κ2) is 6.67. The summed E-state index contributed by atoms with van der Waals surface area (Å²) in [6.45, 7) is 1.37. The van der Waals surface area contributed by atoms with Crippen molar-refractivity contribution in [2.45, 2.75) is 39.1 Å². The fraction of sp³-hybridized carbons (Fsp3) is 0.562. The van der Waals surface area contributed by atoms with Crippen molar-refractivity contribution in [1.29, 1.82) is 0 Å². The Labute approximate surface area is 138 Å². The van der Waals surface area contributed by atoms with Crippen LogP contribution in [0.15, 0.2) is 24.3 Å². The molecule has 1 N–H and O–H groups in total. The minimum Gasteiger partial charge on any atom is -0.393 e. The van der Waals surface area contributed by atoms with Gasteiger partial charge in [-0.3, -0.25) is 9.47 Å². The van der Waals surface area contributed by atoms with Crippen molar-refractivity contribution >= 4 is 23.3 Å². The van der Waals surface area contributed by atoms with Crippen molar-refractivity contribution < 1.29 is 13.9 Å². The fourth-order valence-electron chi connectivity index (χ4n) is 3.33. The van der Waals surface area contributed by atoms with Crippen LogP contribution in [0.5, 0.6) is 0 Å². The minimum atomic E-state index is -2.64. The highest BCUT2D eigenvalue weighted by molar-refractivity contribution is 7.71. The Morgan fingerprint density at radius 3 is 2.39 bits per heavy atom. The van der Waals surface area contributed by atoms with E-state index in [1.54, 1.807) is 16.7 Å². The molecule has 1 fully saturated rings. The Balaban J connectivity index is 1.87. The number of aliphatic hydroxyl groups is 1. The van der Waals surface area contributed by atoms with E-state index in [1.807, 2.05) is 19.1 Å². The summed E-state index contributed by atoms with van der Waals surface area (Å²) in [6.07, 6.45) is 1.54. The lowest BCUT2D eigenvalue weighted by molar-refractivity contribution is 0.0584. The number of halogens is 2. The maximum absolute atomic E-state index is 13.3. The predicted molar refractivity (Wildman–Crippen MR) is 88.0 cm³/mol. The van der Waals surface area contributed by atoms with E-state index in [1.165, 1.54) is 0 Å². The van der Waals surface area contributed by atoms with Gasteiger partial charge in [0, 0.05) is 13.1 Å². The number of aromatic nitrogens is 2. The zero-order chi connectivity index (χ0) is 16.6. The molecule has 4 nitrogen and oxygen atoms in total. The number of piperidine rings is 1. The standard InChI is InChI=1S/C16H21F2N3OS/c1-11(22)12-6-8-19(9-7-12)10-20-13-4-2-3-5-14(13)21(15(17)18)16(20)23/h2-5,11-12,15,22H,6-10H2,1H3. The maximum Gasteiger partial charge on any atom is 0.321 e. The second-order valence-electron chi connectivity index (χ2n) is 6.18. The van der Waals surface area contributed by atoms with Gasteiger partial charge in [-0.1, -0.05) is 12.1 Å². The predicted octanol–water partition coefficient (Wildman–Crippen LogP) is 3.62. The molecule has 1 aromatic carbocycles. The number of hydrogen-bond donors (Lipinski definition) is 1. The molecule has 0 aliphatic carbocycles. The number of rotatable bonds is 4. The molecule has 0 radical (unpaired) electrons. The van der Waals surface area contributed by atoms with Crippen molar-refractivity contribution in [2.75, 3.05) is 13.1 Å². The van der Waals surface area contributed by atoms with Crippen LogP contribution in [-0.4, -0.2) is 38.3 Å². The highest BCUT2D eigenvalue weighted by Gasteiger charge is 2.24. The number of alkyl halides is 2. The first-order valence-corrected chi connectivity index (χ1v) is 8.28. The van der Waals surface area contributed by atoms with Gasteiger partial charge < -0.3 is 9.67 Å². The van der Waals surface area contributed by atoms with Crippen molar-refractivity contribution in [3.05, 3.63) is 29.0 Å². The number of likely N-dealkylation sites (tertiary alicyclic amines) is 1. The van der Waals surface area contributed by atoms with E-state index in [9.17, 15) is 13.9 Å². The molecular formula is C16H21F2N3OS. The molecular weight excluding hydrogens is 320 g/mol. The van der Waals surface area contributed by atoms with Crippen molar-refractivity contribution in [1.82, 2.24) is 14.0 Å². The zero-order valence-electron chi connectivity index (χ0n) is 13.0. The number of fused-ring (bicyclic) bond motifs is 1. The van der Waals surface area contributed by atoms with Gasteiger partial charge in [-0.2, -0.15) is 8.78 Å². The summed E-state index contributed by atoms with van der Waals surface area (Å²) in [4.78, 5) is 2.21. The van der Waals surface area contributed by atoms with Crippen LogP contribution in [0.2, 0.25) is 0 Å². The van der Waals surface area contributed by atoms with Crippen LogP contribution in [0, 0.1) is 10.7 Å². The number of aliphatic hydroxyl groups excluding tert-OH is 1. The molecule has 23 heavy (non-hydrogen) atoms. The molecule has 0 spiro atoms. The molecule has 0 bridgehead atoms. The van der Waals surface area contributed by atoms with E-state index in [-0.39, 0.29) is 10.9 Å². The minimum absolute atomic E-state index is 0.152. The third-order valence-electron chi connectivity index (χ3n) is 4.72. The Bertz CT molecular complexity index is 732. The molecule has 7 heteroatoms. The van der Waals surface area contributed by atoms with Crippen molar-refractivity contribution in [3.8, 4) is 0 Å². The fourth-order valence-corrected chi connectivity index (χ4v) is 3.67. The molecule has 0 saturated carbocycles. The molecule has 0 amide bonds. The molecule has 1 saturated heterocycles. The highest BCUT2D eigenvalue weighted by atomic mass is 32.1. The van der Waals surface area contributed by atoms with E-state index in [0.717, 1.165) is 36.0 Å². The van der Waals surface area contributed by atoms with Crippen LogP contribution < -0.4 is 0 Å². The molecule has 3 rings (SSSR count). The summed E-state index contributed by atoms with van der Waals surface area (Å²) in [5.41, 5.74) is 1.20. The van der Waals surface area contributed by atoms with Gasteiger partial charge in [0.15, 0.2) is 4.77 Å². The zero-order valence-corrected chi connectivity index (χ0v) is 13.8. The van der Waals surface area contributed by atoms with E-state index in [4.69, 9.17) is 12.2 Å². The van der Waals surface area contributed by atoms with E-state index in [2.05, 4.69) is 4.90 Å². The lowest BCUT2D eigenvalue weighted by atomic mass is 9.92. The highest BCUT2D eigenvalue weighted by Crippen LogP contribution is 2.26. The average Bonchev–Trinajstić information content (AvgIpc) is 2.80. The average molecular weight is 341 g/mol. The number of hydrogen-bond acceptors (Lipinski definition) is 3. The number of benzene rings is 1. The normalized spacial score (nSPS) is 18.8. The maximum atomic E-state index is 13.3. The molecule has 1 aromatic heterocycles. The molecule has 2 heterocycles. The van der Waals surface area contributed by atoms with Crippen LogP contribution in [0.1, 0.15) is 26.3 Å². The number of nitrogens with zero attached hydrogens (tertiary/aromatic N) is 3. The van der Waals surface area contributed by atoms with Gasteiger partial charge >= 0.3 is 6.55 Å². The second-order valence-corrected chi connectivity index (χ2v) is 6.55. The van der Waals surface area contributed by atoms with E-state index >= 15 is 0 Å². The lowest BCUT2D eigenvalue weighted by Crippen LogP contribution is -2.38. The summed E-state index contributed by atoms with van der Waals surface area (Å²) >= 11 is 5.28. The van der Waals surface area contributed by atoms with Gasteiger partial charge in [0.25, 0.3) is 0 Å². The van der Waals surface area contributed by atoms with E-state index < -0.39 is 6.55 Å². The Kier molecular flexibility index (Phi) is 4.79. The number of para-hydroxylation sites is 2. The van der Waals surface area contributed by atoms with Gasteiger partial charge in [0.1, 0.15) is 0 Å². The summed E-state index contributed by atoms with van der Waals surface area (Å²) < 4.78 is 29.5. The monoisotopic (exact) mass is 341 g/mol. The van der Waals surface area contributed by atoms with Crippen molar-refractivity contribution in [3.63, 3.8) is 0 Å². The van der Waals surface area contributed by atoms with Crippen LogP contribution in [0.3, 0.4) is 0 Å². The lowest BCUT2D eigenvalue weighted by Gasteiger charge is -2.33. The van der Waals surface area contributed by atoms with E-state index in [0.29, 0.717) is 18.1 Å². The molecule has 1 atom stereocenters. The van der Waals surface area contributed by atoms with Gasteiger partial charge in [0.2, 0.25) is 0 Å². The smallest absolute Gasteiger partial charge is 0.321 e. The van der Waals surface area contributed by atoms with Gasteiger partial charge in [-0.25, -0.2) is 0 Å². The van der Waals surface area contributed by atoms with Crippen LogP contribution in [-0.2, 0) is 6.67 Å². The Morgan fingerprint density at radius 1 is 1.22 bits per heavy atom. The van der Waals surface area contributed by atoms with Crippen LogP contribution in [0.25, 0.3) is 11.0 Å². The first kappa shape index (κ1) is 16.5. The van der Waals surface area contributed by atoms with Crippen LogP contribution >= 0.6 is 12.2 Å². The summed E-state index contributed by atoms with van der Waals surface area (Å²) in [5.74, 6) is 0.321. The number of imidazole rings is 1. The Hall–Kier alpha value is -1.31.